The zero-order valence-electron chi connectivity index (χ0n) is 18.4. The molecule has 0 aliphatic carbocycles. The molecule has 13 heteroatoms. The number of aromatic nitrogens is 3. The summed E-state index contributed by atoms with van der Waals surface area (Å²) in [6.07, 6.45) is 1.39. The van der Waals surface area contributed by atoms with Crippen molar-refractivity contribution < 1.29 is 13.7 Å². The van der Waals surface area contributed by atoms with Crippen molar-refractivity contribution in [2.24, 2.45) is 5.10 Å². The molecule has 2 N–H and O–H groups in total. The molecule has 178 valence electrons. The zero-order valence-corrected chi connectivity index (χ0v) is 19.2. The first-order valence-electron chi connectivity index (χ1n) is 10.1. The molecule has 4 aromatic rings. The predicted octanol–water partition coefficient (Wildman–Crippen LogP) is 5.09. The van der Waals surface area contributed by atoms with Gasteiger partial charge in [0.15, 0.2) is 0 Å². The van der Waals surface area contributed by atoms with Crippen LogP contribution in [0.5, 0.6) is 0 Å². The van der Waals surface area contributed by atoms with Gasteiger partial charge < -0.3 is 14.6 Å². The smallest absolute Gasteiger partial charge is 0.270 e. The van der Waals surface area contributed by atoms with E-state index in [1.165, 1.54) is 36.5 Å². The molecule has 0 aliphatic heterocycles. The Hall–Kier alpha value is -4.58. The molecule has 0 spiro atoms. The van der Waals surface area contributed by atoms with Gasteiger partial charge in [0, 0.05) is 37.5 Å². The van der Waals surface area contributed by atoms with Crippen LogP contribution in [0.25, 0.3) is 11.3 Å². The maximum absolute atomic E-state index is 13.2. The number of non-ortho nitro benzene ring substituents is 1. The Morgan fingerprint density at radius 1 is 1.09 bits per heavy atom. The van der Waals surface area contributed by atoms with E-state index in [2.05, 4.69) is 30.8 Å². The van der Waals surface area contributed by atoms with E-state index in [1.54, 1.807) is 43.3 Å². The Morgan fingerprint density at radius 3 is 2.54 bits per heavy atom. The number of hydrogen-bond donors (Lipinski definition) is 2. The lowest BCUT2D eigenvalue weighted by atomic mass is 10.1. The first-order valence-corrected chi connectivity index (χ1v) is 10.5. The molecule has 0 amide bonds. The van der Waals surface area contributed by atoms with E-state index in [1.807, 2.05) is 0 Å². The van der Waals surface area contributed by atoms with E-state index >= 15 is 0 Å². The van der Waals surface area contributed by atoms with Crippen LogP contribution in [-0.2, 0) is 0 Å². The highest BCUT2D eigenvalue weighted by molar-refractivity contribution is 6.33. The van der Waals surface area contributed by atoms with Crippen molar-refractivity contribution in [1.29, 1.82) is 0 Å². The second-order valence-corrected chi connectivity index (χ2v) is 7.71. The number of nitrogens with one attached hydrogen (secondary N) is 2. The Bertz CT molecular complexity index is 1390. The Balaban J connectivity index is 1.51. The highest BCUT2D eigenvalue weighted by Gasteiger charge is 2.14. The molecule has 2 aromatic carbocycles. The average Bonchev–Trinajstić information content (AvgIpc) is 3.29. The van der Waals surface area contributed by atoms with Crippen LogP contribution in [0.2, 0.25) is 5.02 Å². The van der Waals surface area contributed by atoms with E-state index in [0.29, 0.717) is 33.7 Å². The van der Waals surface area contributed by atoms with Gasteiger partial charge in [0.05, 0.1) is 16.2 Å². The molecule has 0 unspecified atom stereocenters. The molecule has 35 heavy (non-hydrogen) atoms. The van der Waals surface area contributed by atoms with E-state index in [9.17, 15) is 14.5 Å². The van der Waals surface area contributed by atoms with Crippen molar-refractivity contribution in [2.45, 2.75) is 0 Å². The predicted molar refractivity (Wildman–Crippen MR) is 131 cm³/mol. The summed E-state index contributed by atoms with van der Waals surface area (Å²) in [6, 6.07) is 13.1. The van der Waals surface area contributed by atoms with Crippen molar-refractivity contribution in [1.82, 2.24) is 15.0 Å². The Morgan fingerprint density at radius 2 is 1.83 bits per heavy atom. The van der Waals surface area contributed by atoms with Crippen LogP contribution in [0.3, 0.4) is 0 Å². The van der Waals surface area contributed by atoms with Crippen molar-refractivity contribution in [2.75, 3.05) is 29.7 Å². The summed E-state index contributed by atoms with van der Waals surface area (Å²) in [5.41, 5.74) is 3.59. The minimum Gasteiger partial charge on any atom is -0.455 e. The van der Waals surface area contributed by atoms with Crippen LogP contribution in [0.15, 0.2) is 64.1 Å². The number of nitrogens with zero attached hydrogens (tertiary/aromatic N) is 6. The molecule has 0 atom stereocenters. The first-order chi connectivity index (χ1) is 16.8. The van der Waals surface area contributed by atoms with Crippen LogP contribution in [-0.4, -0.2) is 40.2 Å². The number of anilines is 4. The lowest BCUT2D eigenvalue weighted by Gasteiger charge is -2.13. The maximum Gasteiger partial charge on any atom is 0.270 e. The highest BCUT2D eigenvalue weighted by Crippen LogP contribution is 2.32. The van der Waals surface area contributed by atoms with Crippen molar-refractivity contribution in [3.63, 3.8) is 0 Å². The third kappa shape index (κ3) is 5.86. The lowest BCUT2D eigenvalue weighted by Crippen LogP contribution is -2.15. The highest BCUT2D eigenvalue weighted by atomic mass is 35.5. The largest absolute Gasteiger partial charge is 0.455 e. The van der Waals surface area contributed by atoms with Gasteiger partial charge in [-0.2, -0.15) is 20.1 Å². The summed E-state index contributed by atoms with van der Waals surface area (Å²) in [4.78, 5) is 25.1. The molecule has 0 saturated carbocycles. The van der Waals surface area contributed by atoms with Crippen LogP contribution in [0.4, 0.5) is 33.6 Å². The molecule has 2 aromatic heterocycles. The summed E-state index contributed by atoms with van der Waals surface area (Å²) in [6.45, 7) is 0. The van der Waals surface area contributed by atoms with Gasteiger partial charge in [0.1, 0.15) is 17.3 Å². The molecule has 2 heterocycles. The van der Waals surface area contributed by atoms with E-state index < -0.39 is 4.92 Å². The third-order valence-corrected chi connectivity index (χ3v) is 4.86. The molecule has 4 rings (SSSR count). The zero-order chi connectivity index (χ0) is 24.9. The fraction of sp³-hybridized carbons (Fsp3) is 0.0909. The fourth-order valence-electron chi connectivity index (χ4n) is 2.87. The minimum atomic E-state index is -0.509. The lowest BCUT2D eigenvalue weighted by molar-refractivity contribution is -0.384. The number of benzene rings is 2. The van der Waals surface area contributed by atoms with Gasteiger partial charge in [-0.3, -0.25) is 10.1 Å². The number of nitro groups is 1. The topological polar surface area (TPSA) is 135 Å². The van der Waals surface area contributed by atoms with Crippen molar-refractivity contribution >= 4 is 47.0 Å². The fourth-order valence-corrected chi connectivity index (χ4v) is 3.08. The molecule has 0 radical (unpaired) electrons. The summed E-state index contributed by atoms with van der Waals surface area (Å²) >= 11 is 6.17. The average molecular weight is 497 g/mol. The SMILES string of the molecule is CN(C)c1nc(N/N=C/c2ccc(-c3cc([N+](=O)[O-])ccc3Cl)o2)nc(Nc2ccc(F)cc2)n1. The van der Waals surface area contributed by atoms with Gasteiger partial charge >= 0.3 is 0 Å². The second-order valence-electron chi connectivity index (χ2n) is 7.30. The molecular weight excluding hydrogens is 479 g/mol. The summed E-state index contributed by atoms with van der Waals surface area (Å²) in [7, 11) is 3.54. The number of furan rings is 1. The molecule has 0 aliphatic rings. The minimum absolute atomic E-state index is 0.103. The molecule has 0 bridgehead atoms. The van der Waals surface area contributed by atoms with Crippen LogP contribution < -0.4 is 15.6 Å². The number of nitro benzene ring substituents is 1. The summed E-state index contributed by atoms with van der Waals surface area (Å²) in [5.74, 6) is 1.10. The quantitative estimate of drug-likeness (QED) is 0.194. The first kappa shape index (κ1) is 23.6. The Kier molecular flexibility index (Phi) is 6.83. The van der Waals surface area contributed by atoms with Crippen LogP contribution in [0.1, 0.15) is 5.76 Å². The molecule has 0 fully saturated rings. The number of hydrazone groups is 1. The number of halogens is 2. The monoisotopic (exact) mass is 496 g/mol. The molecule has 0 saturated heterocycles. The van der Waals surface area contributed by atoms with E-state index in [-0.39, 0.29) is 23.4 Å². The maximum atomic E-state index is 13.2. The van der Waals surface area contributed by atoms with Gasteiger partial charge in [0.2, 0.25) is 17.8 Å². The standard InChI is InChI=1S/C22H18ClFN8O3/c1-31(2)22-28-20(26-14-5-3-13(24)4-6-14)27-21(29-22)30-25-12-16-8-10-19(35-16)17-11-15(32(33)34)7-9-18(17)23/h3-12H,1-2H3,(H2,26,27,28,29,30)/b25-12+. The van der Waals surface area contributed by atoms with Gasteiger partial charge in [-0.1, -0.05) is 11.6 Å². The van der Waals surface area contributed by atoms with E-state index in [4.69, 9.17) is 16.0 Å². The second kappa shape index (κ2) is 10.1. The summed E-state index contributed by atoms with van der Waals surface area (Å²) < 4.78 is 18.9. The van der Waals surface area contributed by atoms with Gasteiger partial charge in [-0.25, -0.2) is 9.82 Å². The molecular formula is C22H18ClFN8O3. The number of rotatable bonds is 8. The molecule has 11 nitrogen and oxygen atoms in total. The van der Waals surface area contributed by atoms with Crippen molar-refractivity contribution in [3.8, 4) is 11.3 Å². The summed E-state index contributed by atoms with van der Waals surface area (Å²) in [5, 5.41) is 18.4. The van der Waals surface area contributed by atoms with Crippen molar-refractivity contribution in [3.05, 3.63) is 81.3 Å². The van der Waals surface area contributed by atoms with Gasteiger partial charge in [-0.05, 0) is 42.5 Å². The van der Waals surface area contributed by atoms with Crippen LogP contribution >= 0.6 is 11.6 Å². The number of hydrogen-bond acceptors (Lipinski definition) is 10. The van der Waals surface area contributed by atoms with Gasteiger partial charge in [-0.15, -0.1) is 0 Å². The third-order valence-electron chi connectivity index (χ3n) is 4.53. The Labute approximate surface area is 203 Å². The van der Waals surface area contributed by atoms with Gasteiger partial charge in [0.25, 0.3) is 5.69 Å². The van der Waals surface area contributed by atoms with Crippen LogP contribution in [0, 0.1) is 15.9 Å². The van der Waals surface area contributed by atoms with E-state index in [0.717, 1.165) is 0 Å². The normalized spacial score (nSPS) is 11.0.